The van der Waals surface area contributed by atoms with Gasteiger partial charge in [0, 0.05) is 24.1 Å². The Morgan fingerprint density at radius 1 is 1.42 bits per heavy atom. The Morgan fingerprint density at radius 2 is 2.04 bits per heavy atom. The van der Waals surface area contributed by atoms with Crippen molar-refractivity contribution in [3.8, 4) is 0 Å². The van der Waals surface area contributed by atoms with Gasteiger partial charge in [-0.1, -0.05) is 5.11 Å². The molecule has 1 aliphatic rings. The molecule has 2 rings (SSSR count). The van der Waals surface area contributed by atoms with Crippen LogP contribution in [0.3, 0.4) is 0 Å². The van der Waals surface area contributed by atoms with Gasteiger partial charge >= 0.3 is 0 Å². The van der Waals surface area contributed by atoms with Crippen molar-refractivity contribution >= 4 is 15.7 Å². The summed E-state index contributed by atoms with van der Waals surface area (Å²) in [6, 6.07) is 2.54. The van der Waals surface area contributed by atoms with Crippen molar-refractivity contribution in [3.05, 3.63) is 44.8 Å². The third-order valence-corrected chi connectivity index (χ3v) is 5.65. The average molecular weight is 357 g/mol. The SMILES string of the molecule is CN([C@H]1COC[C@@H](N=[N+]=[N-])[C@@H]1O)S(=O)(=O)c1ccc([N+](=O)[O-])cc1. The molecule has 11 nitrogen and oxygen atoms in total. The van der Waals surface area contributed by atoms with Crippen LogP contribution < -0.4 is 0 Å². The molecule has 1 heterocycles. The lowest BCUT2D eigenvalue weighted by molar-refractivity contribution is -0.384. The van der Waals surface area contributed by atoms with Crippen LogP contribution in [0.15, 0.2) is 34.3 Å². The first kappa shape index (κ1) is 18.1. The number of benzene rings is 1. The number of aliphatic hydroxyl groups is 1. The molecule has 24 heavy (non-hydrogen) atoms. The monoisotopic (exact) mass is 357 g/mol. The first-order valence-electron chi connectivity index (χ1n) is 6.81. The number of ether oxygens (including phenoxy) is 1. The number of azide groups is 1. The Labute approximate surface area is 137 Å². The molecule has 1 fully saturated rings. The molecule has 0 unspecified atom stereocenters. The Morgan fingerprint density at radius 3 is 2.58 bits per heavy atom. The zero-order valence-electron chi connectivity index (χ0n) is 12.6. The molecule has 0 spiro atoms. The van der Waals surface area contributed by atoms with Gasteiger partial charge in [-0.15, -0.1) is 0 Å². The minimum absolute atomic E-state index is 0.00680. The third kappa shape index (κ3) is 3.47. The minimum atomic E-state index is -4.02. The lowest BCUT2D eigenvalue weighted by Crippen LogP contribution is -2.55. The summed E-state index contributed by atoms with van der Waals surface area (Å²) in [5.41, 5.74) is 8.24. The van der Waals surface area contributed by atoms with Gasteiger partial charge in [-0.2, -0.15) is 4.31 Å². The van der Waals surface area contributed by atoms with Crippen molar-refractivity contribution in [1.82, 2.24) is 4.31 Å². The van der Waals surface area contributed by atoms with Crippen LogP contribution in [0.25, 0.3) is 10.4 Å². The van der Waals surface area contributed by atoms with Crippen molar-refractivity contribution in [2.24, 2.45) is 5.11 Å². The zero-order valence-corrected chi connectivity index (χ0v) is 13.4. The minimum Gasteiger partial charge on any atom is -0.391 e. The molecule has 1 aromatic carbocycles. The van der Waals surface area contributed by atoms with Gasteiger partial charge in [-0.05, 0) is 17.7 Å². The molecule has 0 radical (unpaired) electrons. The third-order valence-electron chi connectivity index (χ3n) is 3.76. The summed E-state index contributed by atoms with van der Waals surface area (Å²) >= 11 is 0. The number of sulfonamides is 1. The van der Waals surface area contributed by atoms with E-state index in [0.29, 0.717) is 0 Å². The second-order valence-electron chi connectivity index (χ2n) is 5.14. The van der Waals surface area contributed by atoms with E-state index in [1.807, 2.05) is 0 Å². The summed E-state index contributed by atoms with van der Waals surface area (Å²) < 4.78 is 31.3. The highest BCUT2D eigenvalue weighted by Gasteiger charge is 2.39. The van der Waals surface area contributed by atoms with Crippen LogP contribution in [0.5, 0.6) is 0 Å². The molecule has 0 aromatic heterocycles. The molecule has 0 saturated carbocycles. The van der Waals surface area contributed by atoms with E-state index in [1.165, 1.54) is 7.05 Å². The van der Waals surface area contributed by atoms with Crippen LogP contribution in [0.2, 0.25) is 0 Å². The fourth-order valence-electron chi connectivity index (χ4n) is 2.34. The number of hydrogen-bond acceptors (Lipinski definition) is 7. The molecule has 0 aliphatic carbocycles. The molecule has 12 heteroatoms. The second-order valence-corrected chi connectivity index (χ2v) is 7.14. The van der Waals surface area contributed by atoms with Gasteiger partial charge in [0.2, 0.25) is 10.0 Å². The summed E-state index contributed by atoms with van der Waals surface area (Å²) in [4.78, 5) is 12.4. The predicted molar refractivity (Wildman–Crippen MR) is 81.6 cm³/mol. The molecule has 1 N–H and O–H groups in total. The molecule has 1 aromatic rings. The highest BCUT2D eigenvalue weighted by molar-refractivity contribution is 7.89. The van der Waals surface area contributed by atoms with E-state index < -0.39 is 33.1 Å². The molecule has 0 amide bonds. The maximum Gasteiger partial charge on any atom is 0.269 e. The molecule has 1 aliphatic heterocycles. The van der Waals surface area contributed by atoms with Crippen molar-refractivity contribution in [3.63, 3.8) is 0 Å². The summed E-state index contributed by atoms with van der Waals surface area (Å²) in [6.07, 6.45) is -1.23. The summed E-state index contributed by atoms with van der Waals surface area (Å²) in [7, 11) is -2.76. The highest BCUT2D eigenvalue weighted by Crippen LogP contribution is 2.24. The summed E-state index contributed by atoms with van der Waals surface area (Å²) in [5.74, 6) is 0. The van der Waals surface area contributed by atoms with Gasteiger partial charge in [0.15, 0.2) is 0 Å². The number of likely N-dealkylation sites (N-methyl/N-ethyl adjacent to an activating group) is 1. The van der Waals surface area contributed by atoms with E-state index >= 15 is 0 Å². The van der Waals surface area contributed by atoms with E-state index in [2.05, 4.69) is 10.0 Å². The lowest BCUT2D eigenvalue weighted by atomic mass is 10.0. The average Bonchev–Trinajstić information content (AvgIpc) is 2.56. The molecule has 0 bridgehead atoms. The topological polar surface area (TPSA) is 159 Å². The molecular formula is C12H15N5O6S. The van der Waals surface area contributed by atoms with Gasteiger partial charge in [0.1, 0.15) is 0 Å². The molecule has 1 saturated heterocycles. The standard InChI is InChI=1S/C12H15N5O6S/c1-16(11-7-23-6-10(12(11)18)14-15-13)24(21,22)9-4-2-8(3-5-9)17(19)20/h2-5,10-12,18H,6-7H2,1H3/t10-,11+,12+/m1/s1. The Hall–Kier alpha value is -2.24. The highest BCUT2D eigenvalue weighted by atomic mass is 32.2. The van der Waals surface area contributed by atoms with Gasteiger partial charge < -0.3 is 9.84 Å². The van der Waals surface area contributed by atoms with Gasteiger partial charge in [-0.3, -0.25) is 10.1 Å². The van der Waals surface area contributed by atoms with E-state index in [0.717, 1.165) is 28.6 Å². The first-order valence-corrected chi connectivity index (χ1v) is 8.25. The maximum atomic E-state index is 12.6. The predicted octanol–water partition coefficient (Wildman–Crippen LogP) is 0.654. The number of rotatable bonds is 5. The largest absolute Gasteiger partial charge is 0.391 e. The van der Waals surface area contributed by atoms with Crippen LogP contribution in [-0.4, -0.2) is 61.2 Å². The Balaban J connectivity index is 2.27. The van der Waals surface area contributed by atoms with Crippen molar-refractivity contribution in [2.45, 2.75) is 23.1 Å². The van der Waals surface area contributed by atoms with E-state index in [1.54, 1.807) is 0 Å². The van der Waals surface area contributed by atoms with E-state index in [4.69, 9.17) is 10.3 Å². The van der Waals surface area contributed by atoms with Crippen LogP contribution in [-0.2, 0) is 14.8 Å². The number of nitro benzene ring substituents is 1. The van der Waals surface area contributed by atoms with Gasteiger partial charge in [0.05, 0.1) is 41.2 Å². The Kier molecular flexibility index (Phi) is 5.36. The second kappa shape index (κ2) is 7.11. The number of aliphatic hydroxyl groups excluding tert-OH is 1. The maximum absolute atomic E-state index is 12.6. The lowest BCUT2D eigenvalue weighted by Gasteiger charge is -2.37. The summed E-state index contributed by atoms with van der Waals surface area (Å²) in [6.45, 7) is -0.0749. The smallest absolute Gasteiger partial charge is 0.269 e. The fraction of sp³-hybridized carbons (Fsp3) is 0.500. The number of non-ortho nitro benzene ring substituents is 1. The summed E-state index contributed by atoms with van der Waals surface area (Å²) in [5, 5.41) is 24.2. The van der Waals surface area contributed by atoms with Crippen LogP contribution in [0.4, 0.5) is 5.69 Å². The van der Waals surface area contributed by atoms with Crippen LogP contribution in [0.1, 0.15) is 0 Å². The van der Waals surface area contributed by atoms with Crippen molar-refractivity contribution < 1.29 is 23.2 Å². The number of nitro groups is 1. The van der Waals surface area contributed by atoms with Gasteiger partial charge in [-0.25, -0.2) is 8.42 Å². The fourth-order valence-corrected chi connectivity index (χ4v) is 3.69. The number of nitrogens with zero attached hydrogens (tertiary/aromatic N) is 5. The normalized spacial score (nSPS) is 24.4. The first-order chi connectivity index (χ1) is 11.3. The van der Waals surface area contributed by atoms with E-state index in [9.17, 15) is 23.6 Å². The Bertz CT molecular complexity index is 761. The van der Waals surface area contributed by atoms with Crippen LogP contribution >= 0.6 is 0 Å². The molecule has 130 valence electrons. The molecule has 3 atom stereocenters. The van der Waals surface area contributed by atoms with Gasteiger partial charge in [0.25, 0.3) is 5.69 Å². The van der Waals surface area contributed by atoms with E-state index in [-0.39, 0.29) is 23.8 Å². The zero-order chi connectivity index (χ0) is 17.9. The molecular weight excluding hydrogens is 342 g/mol. The quantitative estimate of drug-likeness (QED) is 0.268. The number of hydrogen-bond donors (Lipinski definition) is 1. The van der Waals surface area contributed by atoms with Crippen LogP contribution in [0, 0.1) is 10.1 Å². The van der Waals surface area contributed by atoms with Crippen molar-refractivity contribution in [1.29, 1.82) is 0 Å². The van der Waals surface area contributed by atoms with Crippen molar-refractivity contribution in [2.75, 3.05) is 20.3 Å².